The van der Waals surface area contributed by atoms with Crippen LogP contribution in [-0.2, 0) is 11.3 Å². The highest BCUT2D eigenvalue weighted by Gasteiger charge is 2.28. The fourth-order valence-corrected chi connectivity index (χ4v) is 3.79. The minimum absolute atomic E-state index is 0.00393. The number of ether oxygens (including phenoxy) is 1. The van der Waals surface area contributed by atoms with Crippen molar-refractivity contribution in [3.63, 3.8) is 0 Å². The van der Waals surface area contributed by atoms with Gasteiger partial charge in [0.15, 0.2) is 0 Å². The number of piperidine rings is 1. The SMILES string of the molecule is C=Cc1ccc2c(C(=O)N3CCC[C@H](NC(=O)OC(C)(C)C)C3)cn(CC)c2c1. The fraction of sp³-hybridized carbons (Fsp3) is 0.478. The molecule has 6 heteroatoms. The van der Waals surface area contributed by atoms with Crippen LogP contribution < -0.4 is 5.32 Å². The van der Waals surface area contributed by atoms with Crippen LogP contribution in [-0.4, -0.2) is 46.2 Å². The van der Waals surface area contributed by atoms with Gasteiger partial charge in [0.05, 0.1) is 5.56 Å². The Hall–Kier alpha value is -2.76. The van der Waals surface area contributed by atoms with Gasteiger partial charge in [-0.05, 0) is 52.2 Å². The molecule has 1 aliphatic heterocycles. The molecule has 1 aromatic carbocycles. The highest BCUT2D eigenvalue weighted by Crippen LogP contribution is 2.26. The average Bonchev–Trinajstić information content (AvgIpc) is 3.03. The van der Waals surface area contributed by atoms with Crippen molar-refractivity contribution in [1.29, 1.82) is 0 Å². The van der Waals surface area contributed by atoms with E-state index in [2.05, 4.69) is 29.5 Å². The van der Waals surface area contributed by atoms with E-state index in [-0.39, 0.29) is 11.9 Å². The Labute approximate surface area is 172 Å². The van der Waals surface area contributed by atoms with E-state index in [1.165, 1.54) is 0 Å². The Morgan fingerprint density at radius 1 is 1.34 bits per heavy atom. The Morgan fingerprint density at radius 2 is 2.10 bits per heavy atom. The normalized spacial score (nSPS) is 17.2. The first kappa shape index (κ1) is 21.0. The van der Waals surface area contributed by atoms with Crippen LogP contribution in [0.3, 0.4) is 0 Å². The van der Waals surface area contributed by atoms with E-state index in [9.17, 15) is 9.59 Å². The van der Waals surface area contributed by atoms with Crippen molar-refractivity contribution in [2.75, 3.05) is 13.1 Å². The number of hydrogen-bond donors (Lipinski definition) is 1. The third kappa shape index (κ3) is 4.81. The van der Waals surface area contributed by atoms with Crippen molar-refractivity contribution in [2.24, 2.45) is 0 Å². The summed E-state index contributed by atoms with van der Waals surface area (Å²) < 4.78 is 7.45. The van der Waals surface area contributed by atoms with Crippen molar-refractivity contribution >= 4 is 29.0 Å². The summed E-state index contributed by atoms with van der Waals surface area (Å²) in [5.74, 6) is 0.00393. The van der Waals surface area contributed by atoms with Gasteiger partial charge in [-0.3, -0.25) is 4.79 Å². The molecule has 0 bridgehead atoms. The van der Waals surface area contributed by atoms with Crippen LogP contribution in [0.1, 0.15) is 56.5 Å². The first-order chi connectivity index (χ1) is 13.7. The number of carbonyl (C=O) groups excluding carboxylic acids is 2. The lowest BCUT2D eigenvalue weighted by Crippen LogP contribution is -2.50. The van der Waals surface area contributed by atoms with Gasteiger partial charge in [0.1, 0.15) is 5.60 Å². The van der Waals surface area contributed by atoms with E-state index >= 15 is 0 Å². The van der Waals surface area contributed by atoms with E-state index in [1.807, 2.05) is 50.1 Å². The first-order valence-corrected chi connectivity index (χ1v) is 10.3. The molecule has 2 heterocycles. The number of rotatable bonds is 4. The molecule has 29 heavy (non-hydrogen) atoms. The molecule has 1 saturated heterocycles. The molecule has 0 aliphatic carbocycles. The van der Waals surface area contributed by atoms with Gasteiger partial charge in [-0.25, -0.2) is 4.79 Å². The van der Waals surface area contributed by atoms with Gasteiger partial charge in [-0.15, -0.1) is 0 Å². The number of likely N-dealkylation sites (tertiary alicyclic amines) is 1. The molecule has 0 spiro atoms. The number of benzene rings is 1. The van der Waals surface area contributed by atoms with Crippen LogP contribution in [0, 0.1) is 0 Å². The number of hydrogen-bond acceptors (Lipinski definition) is 3. The molecule has 156 valence electrons. The van der Waals surface area contributed by atoms with Crippen molar-refractivity contribution < 1.29 is 14.3 Å². The zero-order chi connectivity index (χ0) is 21.2. The zero-order valence-electron chi connectivity index (χ0n) is 17.8. The van der Waals surface area contributed by atoms with Crippen LogP contribution in [0.2, 0.25) is 0 Å². The maximum atomic E-state index is 13.3. The summed E-state index contributed by atoms with van der Waals surface area (Å²) >= 11 is 0. The lowest BCUT2D eigenvalue weighted by molar-refractivity contribution is 0.0452. The number of carbonyl (C=O) groups is 2. The molecule has 1 N–H and O–H groups in total. The van der Waals surface area contributed by atoms with Crippen molar-refractivity contribution in [3.8, 4) is 0 Å². The molecule has 1 fully saturated rings. The number of aromatic nitrogens is 1. The number of nitrogens with one attached hydrogen (secondary N) is 1. The molecule has 0 radical (unpaired) electrons. The predicted molar refractivity (Wildman–Crippen MR) is 116 cm³/mol. The molecule has 1 atom stereocenters. The van der Waals surface area contributed by atoms with E-state index < -0.39 is 11.7 Å². The number of amides is 2. The van der Waals surface area contributed by atoms with Crippen LogP contribution in [0.4, 0.5) is 4.79 Å². The monoisotopic (exact) mass is 397 g/mol. The Bertz CT molecular complexity index is 923. The molecule has 2 amide bonds. The summed E-state index contributed by atoms with van der Waals surface area (Å²) in [6, 6.07) is 5.93. The Kier molecular flexibility index (Phi) is 6.01. The fourth-order valence-electron chi connectivity index (χ4n) is 3.79. The van der Waals surface area contributed by atoms with E-state index in [1.54, 1.807) is 0 Å². The highest BCUT2D eigenvalue weighted by atomic mass is 16.6. The smallest absolute Gasteiger partial charge is 0.407 e. The summed E-state index contributed by atoms with van der Waals surface area (Å²) in [6.07, 6.45) is 4.99. The number of aryl methyl sites for hydroxylation is 1. The molecule has 1 aromatic heterocycles. The third-order valence-electron chi connectivity index (χ3n) is 5.14. The summed E-state index contributed by atoms with van der Waals surface area (Å²) in [5, 5.41) is 3.86. The largest absolute Gasteiger partial charge is 0.444 e. The second kappa shape index (κ2) is 8.31. The van der Waals surface area contributed by atoms with Gasteiger partial charge in [0.2, 0.25) is 0 Å². The summed E-state index contributed by atoms with van der Waals surface area (Å²) in [5.41, 5.74) is 2.23. The zero-order valence-corrected chi connectivity index (χ0v) is 17.8. The van der Waals surface area contributed by atoms with E-state index in [0.29, 0.717) is 18.7 Å². The number of alkyl carbamates (subject to hydrolysis) is 1. The highest BCUT2D eigenvalue weighted by molar-refractivity contribution is 6.07. The molecule has 3 rings (SSSR count). The lowest BCUT2D eigenvalue weighted by Gasteiger charge is -2.33. The minimum atomic E-state index is -0.541. The second-order valence-corrected chi connectivity index (χ2v) is 8.55. The Balaban J connectivity index is 1.78. The average molecular weight is 398 g/mol. The molecule has 0 unspecified atom stereocenters. The summed E-state index contributed by atoms with van der Waals surface area (Å²) in [4.78, 5) is 27.2. The standard InChI is InChI=1S/C23H31N3O3/c1-6-16-10-11-18-19(15-25(7-2)20(18)13-16)21(27)26-12-8-9-17(14-26)24-22(28)29-23(3,4)5/h6,10-11,13,15,17H,1,7-9,12,14H2,2-5H3,(H,24,28)/t17-/m0/s1. The van der Waals surface area contributed by atoms with Gasteiger partial charge in [0, 0.05) is 42.8 Å². The van der Waals surface area contributed by atoms with Crippen LogP contribution >= 0.6 is 0 Å². The molecular weight excluding hydrogens is 366 g/mol. The van der Waals surface area contributed by atoms with E-state index in [0.717, 1.165) is 35.9 Å². The topological polar surface area (TPSA) is 63.6 Å². The predicted octanol–water partition coefficient (Wildman–Crippen LogP) is 4.43. The summed E-state index contributed by atoms with van der Waals surface area (Å²) in [6.45, 7) is 13.4. The van der Waals surface area contributed by atoms with E-state index in [4.69, 9.17) is 4.74 Å². The molecule has 0 saturated carbocycles. The quantitative estimate of drug-likeness (QED) is 0.830. The molecule has 1 aliphatic rings. The first-order valence-electron chi connectivity index (χ1n) is 10.3. The van der Waals surface area contributed by atoms with Gasteiger partial charge >= 0.3 is 6.09 Å². The number of nitrogens with zero attached hydrogens (tertiary/aromatic N) is 2. The lowest BCUT2D eigenvalue weighted by atomic mass is 10.0. The molecular formula is C23H31N3O3. The van der Waals surface area contributed by atoms with Gasteiger partial charge in [-0.1, -0.05) is 24.8 Å². The van der Waals surface area contributed by atoms with Crippen molar-refractivity contribution in [2.45, 2.75) is 58.7 Å². The van der Waals surface area contributed by atoms with Crippen LogP contribution in [0.25, 0.3) is 17.0 Å². The second-order valence-electron chi connectivity index (χ2n) is 8.55. The van der Waals surface area contributed by atoms with Crippen molar-refractivity contribution in [1.82, 2.24) is 14.8 Å². The van der Waals surface area contributed by atoms with Gasteiger partial charge < -0.3 is 19.5 Å². The van der Waals surface area contributed by atoms with Crippen LogP contribution in [0.5, 0.6) is 0 Å². The minimum Gasteiger partial charge on any atom is -0.444 e. The Morgan fingerprint density at radius 3 is 2.76 bits per heavy atom. The third-order valence-corrected chi connectivity index (χ3v) is 5.14. The maximum Gasteiger partial charge on any atom is 0.407 e. The van der Waals surface area contributed by atoms with Crippen molar-refractivity contribution in [3.05, 3.63) is 42.1 Å². The molecule has 2 aromatic rings. The number of fused-ring (bicyclic) bond motifs is 1. The van der Waals surface area contributed by atoms with Gasteiger partial charge in [-0.2, -0.15) is 0 Å². The van der Waals surface area contributed by atoms with Crippen LogP contribution in [0.15, 0.2) is 31.0 Å². The maximum absolute atomic E-state index is 13.3. The van der Waals surface area contributed by atoms with Gasteiger partial charge in [0.25, 0.3) is 5.91 Å². The molecule has 6 nitrogen and oxygen atoms in total. The summed E-state index contributed by atoms with van der Waals surface area (Å²) in [7, 11) is 0.